The van der Waals surface area contributed by atoms with E-state index in [1.165, 1.54) is 39.2 Å². The summed E-state index contributed by atoms with van der Waals surface area (Å²) < 4.78 is 43.4. The van der Waals surface area contributed by atoms with E-state index >= 15 is 0 Å². The first-order chi connectivity index (χ1) is 29.5. The zero-order valence-electron chi connectivity index (χ0n) is 34.6. The number of anilines is 1. The van der Waals surface area contributed by atoms with E-state index in [1.54, 1.807) is 18.2 Å². The summed E-state index contributed by atoms with van der Waals surface area (Å²) in [5.41, 5.74) is 5.96. The van der Waals surface area contributed by atoms with Crippen molar-refractivity contribution in [2.45, 2.75) is 62.9 Å². The number of likely N-dealkylation sites (N-methyl/N-ethyl adjacent to an activating group) is 1. The van der Waals surface area contributed by atoms with Crippen molar-refractivity contribution in [1.29, 1.82) is 0 Å². The molecule has 3 N–H and O–H groups in total. The van der Waals surface area contributed by atoms with Crippen LogP contribution in [0.15, 0.2) is 163 Å². The van der Waals surface area contributed by atoms with Crippen molar-refractivity contribution >= 4 is 43.2 Å². The molecule has 0 saturated carbocycles. The first kappa shape index (κ1) is 42.0. The molecule has 7 aromatic rings. The average Bonchev–Trinajstić information content (AvgIpc) is 3.27. The Morgan fingerprint density at radius 3 is 2.07 bits per heavy atom. The lowest BCUT2D eigenvalue weighted by Crippen LogP contribution is -2.45. The zero-order valence-corrected chi connectivity index (χ0v) is 35.4. The highest BCUT2D eigenvalue weighted by atomic mass is 32.2. The largest absolute Gasteiger partial charge is 0.392 e. The molecular formula is C51H51N3O6S. The molecule has 0 aliphatic carbocycles. The van der Waals surface area contributed by atoms with Gasteiger partial charge in [0.1, 0.15) is 6.04 Å². The van der Waals surface area contributed by atoms with Crippen molar-refractivity contribution in [2.24, 2.45) is 5.92 Å². The Bertz CT molecular complexity index is 2670. The molecule has 0 spiro atoms. The molecule has 1 fully saturated rings. The van der Waals surface area contributed by atoms with Crippen molar-refractivity contribution < 1.29 is 27.8 Å². The van der Waals surface area contributed by atoms with Gasteiger partial charge in [0.2, 0.25) is 15.9 Å². The average molecular weight is 834 g/mol. The lowest BCUT2D eigenvalue weighted by molar-refractivity contribution is -0.276. The molecule has 1 heterocycles. The van der Waals surface area contributed by atoms with E-state index < -0.39 is 28.3 Å². The minimum atomic E-state index is -4.03. The molecule has 8 rings (SSSR count). The topological polar surface area (TPSA) is 117 Å². The smallest absolute Gasteiger partial charge is 0.242 e. The number of nitrogens with one attached hydrogen (secondary N) is 2. The number of carbonyl (C=O) groups is 1. The second kappa shape index (κ2) is 18.5. The molecule has 10 heteroatoms. The van der Waals surface area contributed by atoms with Crippen molar-refractivity contribution in [3.8, 4) is 0 Å². The minimum absolute atomic E-state index is 0.0499. The van der Waals surface area contributed by atoms with Crippen LogP contribution >= 0.6 is 0 Å². The predicted octanol–water partition coefficient (Wildman–Crippen LogP) is 9.25. The maximum absolute atomic E-state index is 14.1. The number of amides is 1. The summed E-state index contributed by atoms with van der Waals surface area (Å²) in [6.07, 6.45) is -1.23. The van der Waals surface area contributed by atoms with E-state index in [9.17, 15) is 18.3 Å². The lowest BCUT2D eigenvalue weighted by Gasteiger charge is -2.42. The van der Waals surface area contributed by atoms with E-state index in [4.69, 9.17) is 9.47 Å². The van der Waals surface area contributed by atoms with Gasteiger partial charge in [-0.05, 0) is 94.5 Å². The molecule has 61 heavy (non-hydrogen) atoms. The molecule has 0 bridgehead atoms. The molecule has 0 aromatic heterocycles. The third-order valence-electron chi connectivity index (χ3n) is 11.6. The molecule has 312 valence electrons. The van der Waals surface area contributed by atoms with Gasteiger partial charge in [-0.1, -0.05) is 140 Å². The van der Waals surface area contributed by atoms with Crippen LogP contribution < -0.4 is 10.0 Å². The van der Waals surface area contributed by atoms with Crippen molar-refractivity contribution in [3.63, 3.8) is 0 Å². The summed E-state index contributed by atoms with van der Waals surface area (Å²) in [6, 6.07) is 49.2. The van der Waals surface area contributed by atoms with Crippen molar-refractivity contribution in [3.05, 3.63) is 191 Å². The van der Waals surface area contributed by atoms with Gasteiger partial charge in [0.15, 0.2) is 6.29 Å². The molecule has 1 amide bonds. The standard InChI is InChI=1S/C51H51N3O6S/c1-34-20-26-43(27-21-34)61(57,58)53-47(28-36-12-5-4-6-13-36)50(56)52-42-17-11-16-41(30-42)51-59-48(35(2)49(60-51)38-24-22-37(33-55)23-25-38)32-54(3)31-46-44-18-9-7-14-39(44)29-40-15-8-10-19-45(40)46/h4-27,29-30,35,47-49,51,53,55H,28,31-33H2,1-3H3,(H,52,56). The second-order valence-electron chi connectivity index (χ2n) is 16.1. The summed E-state index contributed by atoms with van der Waals surface area (Å²) >= 11 is 0. The van der Waals surface area contributed by atoms with Gasteiger partial charge in [0.05, 0.1) is 23.7 Å². The number of ether oxygens (including phenoxy) is 2. The molecule has 5 unspecified atom stereocenters. The fourth-order valence-corrected chi connectivity index (χ4v) is 9.45. The highest BCUT2D eigenvalue weighted by Gasteiger charge is 2.39. The molecule has 1 aliphatic heterocycles. The van der Waals surface area contributed by atoms with Gasteiger partial charge >= 0.3 is 0 Å². The third-order valence-corrected chi connectivity index (χ3v) is 13.1. The normalized spacial score (nSPS) is 18.6. The van der Waals surface area contributed by atoms with Crippen LogP contribution in [0.3, 0.4) is 0 Å². The molecule has 5 atom stereocenters. The summed E-state index contributed by atoms with van der Waals surface area (Å²) in [5, 5.41) is 17.6. The number of sulfonamides is 1. The Hall–Kier alpha value is -5.72. The number of carbonyl (C=O) groups excluding carboxylic acids is 1. The predicted molar refractivity (Wildman–Crippen MR) is 241 cm³/mol. The Balaban J connectivity index is 1.06. The Labute approximate surface area is 358 Å². The molecule has 7 aromatic carbocycles. The Morgan fingerprint density at radius 1 is 0.738 bits per heavy atom. The zero-order chi connectivity index (χ0) is 42.5. The highest BCUT2D eigenvalue weighted by Crippen LogP contribution is 2.42. The molecule has 1 saturated heterocycles. The number of aryl methyl sites for hydroxylation is 1. The quantitative estimate of drug-likeness (QED) is 0.0936. The SMILES string of the molecule is Cc1ccc(S(=O)(=O)NC(Cc2ccccc2)C(=O)Nc2cccc(C3OC(CN(C)Cc4c5ccccc5cc5ccccc45)C(C)C(c4ccc(CO)cc4)O3)c2)cc1. The van der Waals surface area contributed by atoms with Gasteiger partial charge in [0, 0.05) is 30.3 Å². The molecule has 0 radical (unpaired) electrons. The Kier molecular flexibility index (Phi) is 12.7. The van der Waals surface area contributed by atoms with E-state index in [0.29, 0.717) is 24.3 Å². The monoisotopic (exact) mass is 833 g/mol. The van der Waals surface area contributed by atoms with E-state index in [0.717, 1.165) is 22.3 Å². The maximum Gasteiger partial charge on any atom is 0.242 e. The van der Waals surface area contributed by atoms with Crippen LogP contribution in [0.2, 0.25) is 0 Å². The van der Waals surface area contributed by atoms with Crippen molar-refractivity contribution in [1.82, 2.24) is 9.62 Å². The first-order valence-electron chi connectivity index (χ1n) is 20.7. The number of benzene rings is 7. The minimum Gasteiger partial charge on any atom is -0.392 e. The van der Waals surface area contributed by atoms with Crippen LogP contribution in [0.1, 0.15) is 52.7 Å². The molecule has 1 aliphatic rings. The van der Waals surface area contributed by atoms with Crippen LogP contribution in [-0.4, -0.2) is 50.1 Å². The van der Waals surface area contributed by atoms with Gasteiger partial charge in [-0.3, -0.25) is 9.69 Å². The van der Waals surface area contributed by atoms with Gasteiger partial charge < -0.3 is 19.9 Å². The number of hydrogen-bond acceptors (Lipinski definition) is 7. The van der Waals surface area contributed by atoms with E-state index in [2.05, 4.69) is 83.5 Å². The molecule has 9 nitrogen and oxygen atoms in total. The lowest BCUT2D eigenvalue weighted by atomic mass is 9.89. The summed E-state index contributed by atoms with van der Waals surface area (Å²) in [7, 11) is -1.91. The first-order valence-corrected chi connectivity index (χ1v) is 22.2. The fourth-order valence-electron chi connectivity index (χ4n) is 8.25. The van der Waals surface area contributed by atoms with Crippen LogP contribution in [0.5, 0.6) is 0 Å². The fraction of sp³-hybridized carbons (Fsp3) is 0.235. The number of rotatable bonds is 14. The van der Waals surface area contributed by atoms with Crippen LogP contribution in [-0.2, 0) is 43.9 Å². The summed E-state index contributed by atoms with van der Waals surface area (Å²) in [6.45, 7) is 5.30. The maximum atomic E-state index is 14.1. The number of aliphatic hydroxyl groups is 1. The number of fused-ring (bicyclic) bond motifs is 2. The third kappa shape index (κ3) is 9.76. The van der Waals surface area contributed by atoms with Crippen molar-refractivity contribution in [2.75, 3.05) is 18.9 Å². The van der Waals surface area contributed by atoms with Crippen LogP contribution in [0.25, 0.3) is 21.5 Å². The molecular weight excluding hydrogens is 783 g/mol. The number of hydrogen-bond donors (Lipinski definition) is 3. The summed E-state index contributed by atoms with van der Waals surface area (Å²) in [5.74, 6) is -0.552. The van der Waals surface area contributed by atoms with Gasteiger partial charge in [0.25, 0.3) is 0 Å². The summed E-state index contributed by atoms with van der Waals surface area (Å²) in [4.78, 5) is 16.5. The Morgan fingerprint density at radius 2 is 1.39 bits per heavy atom. The van der Waals surface area contributed by atoms with E-state index in [1.807, 2.05) is 79.7 Å². The van der Waals surface area contributed by atoms with E-state index in [-0.39, 0.29) is 36.0 Å². The van der Waals surface area contributed by atoms with Gasteiger partial charge in [-0.25, -0.2) is 8.42 Å². The number of nitrogens with zero attached hydrogens (tertiary/aromatic N) is 1. The van der Waals surface area contributed by atoms with Gasteiger partial charge in [-0.2, -0.15) is 4.72 Å². The van der Waals surface area contributed by atoms with Crippen LogP contribution in [0.4, 0.5) is 5.69 Å². The van der Waals surface area contributed by atoms with Gasteiger partial charge in [-0.15, -0.1) is 0 Å². The number of aliphatic hydroxyl groups excluding tert-OH is 1. The van der Waals surface area contributed by atoms with Crippen LogP contribution in [0, 0.1) is 12.8 Å². The second-order valence-corrected chi connectivity index (χ2v) is 17.8. The highest BCUT2D eigenvalue weighted by molar-refractivity contribution is 7.89.